The second kappa shape index (κ2) is 13.0. The summed E-state index contributed by atoms with van der Waals surface area (Å²) in [7, 11) is 0. The molecule has 63 heavy (non-hydrogen) atoms. The second-order valence-electron chi connectivity index (χ2n) is 17.4. The van der Waals surface area contributed by atoms with Crippen LogP contribution >= 0.6 is 0 Å². The molecule has 0 saturated heterocycles. The lowest BCUT2D eigenvalue weighted by Gasteiger charge is -2.31. The Morgan fingerprint density at radius 2 is 0.667 bits per heavy atom. The van der Waals surface area contributed by atoms with Crippen molar-refractivity contribution in [1.29, 1.82) is 0 Å². The predicted octanol–water partition coefficient (Wildman–Crippen LogP) is 16.8. The zero-order valence-corrected chi connectivity index (χ0v) is 34.4. The Balaban J connectivity index is 1.10. The average molecular weight is 795 g/mol. The highest BCUT2D eigenvalue weighted by Crippen LogP contribution is 2.65. The lowest BCUT2D eigenvalue weighted by molar-refractivity contribution is 0.796. The highest BCUT2D eigenvalue weighted by molar-refractivity contribution is 6.25. The fourth-order valence-corrected chi connectivity index (χ4v) is 11.9. The molecular weight excluding hydrogens is 757 g/mol. The molecule has 2 aliphatic rings. The van der Waals surface area contributed by atoms with Crippen molar-refractivity contribution in [3.63, 3.8) is 0 Å². The molecule has 0 radical (unpaired) electrons. The summed E-state index contributed by atoms with van der Waals surface area (Å²) in [5.41, 5.74) is 17.8. The van der Waals surface area contributed by atoms with Crippen molar-refractivity contribution >= 4 is 53.9 Å². The molecule has 14 rings (SSSR count). The Kier molecular flexibility index (Phi) is 7.13. The quantitative estimate of drug-likeness (QED) is 0.156. The molecule has 0 N–H and O–H groups in total. The normalized spacial score (nSPS) is 13.2. The predicted molar refractivity (Wildman–Crippen MR) is 267 cm³/mol. The maximum Gasteiger partial charge on any atom is 0.0726 e. The molecule has 0 heterocycles. The molecule has 0 amide bonds. The largest absolute Gasteiger partial charge is 0.0726 e. The van der Waals surface area contributed by atoms with Crippen LogP contribution in [0, 0.1) is 0 Å². The second-order valence-corrected chi connectivity index (χ2v) is 17.4. The van der Waals surface area contributed by atoms with Gasteiger partial charge in [0.05, 0.1) is 5.41 Å². The standard InChI is InChI=1S/C63H38/c1-2-19-41-37-58-55(36-40(41)18-1)62-49-27-6-5-24-46(49)54(38-59(62)63(58)56-33-13-11-25-47(56)48-26-12-14-34-57(48)63)61-52-30-9-7-28-50(52)60(51-29-8-10-31-53(51)61)43-22-15-21-42(35-43)45-32-16-20-39-17-3-4-23-44(39)45/h1-38H. The first-order chi connectivity index (χ1) is 31.3. The van der Waals surface area contributed by atoms with Crippen molar-refractivity contribution in [1.82, 2.24) is 0 Å². The van der Waals surface area contributed by atoms with E-state index in [1.54, 1.807) is 0 Å². The third-order valence-corrected chi connectivity index (χ3v) is 14.4. The summed E-state index contributed by atoms with van der Waals surface area (Å²) in [5.74, 6) is 0. The van der Waals surface area contributed by atoms with Gasteiger partial charge in [0.15, 0.2) is 0 Å². The van der Waals surface area contributed by atoms with Gasteiger partial charge in [0.1, 0.15) is 0 Å². The molecule has 0 aliphatic heterocycles. The summed E-state index contributed by atoms with van der Waals surface area (Å²) >= 11 is 0. The van der Waals surface area contributed by atoms with Crippen LogP contribution in [0.15, 0.2) is 231 Å². The number of hydrogen-bond acceptors (Lipinski definition) is 0. The van der Waals surface area contributed by atoms with Gasteiger partial charge in [-0.2, -0.15) is 0 Å². The van der Waals surface area contributed by atoms with E-state index in [9.17, 15) is 0 Å². The lowest BCUT2D eigenvalue weighted by atomic mass is 9.69. The lowest BCUT2D eigenvalue weighted by Crippen LogP contribution is -2.26. The first-order valence-corrected chi connectivity index (χ1v) is 22.1. The third-order valence-electron chi connectivity index (χ3n) is 14.4. The molecule has 1 spiro atoms. The van der Waals surface area contributed by atoms with E-state index in [0.717, 1.165) is 0 Å². The molecule has 0 atom stereocenters. The summed E-state index contributed by atoms with van der Waals surface area (Å²) in [5, 5.41) is 12.7. The summed E-state index contributed by atoms with van der Waals surface area (Å²) in [4.78, 5) is 0. The molecular formula is C63H38. The Bertz CT molecular complexity index is 3810. The molecule has 12 aromatic rings. The maximum absolute atomic E-state index is 2.61. The number of rotatable bonds is 3. The molecule has 0 saturated carbocycles. The molecule has 0 bridgehead atoms. The summed E-state index contributed by atoms with van der Waals surface area (Å²) in [6.45, 7) is 0. The topological polar surface area (TPSA) is 0 Å². The molecule has 0 nitrogen and oxygen atoms in total. The fraction of sp³-hybridized carbons (Fsp3) is 0.0159. The summed E-state index contributed by atoms with van der Waals surface area (Å²) < 4.78 is 0. The van der Waals surface area contributed by atoms with E-state index in [2.05, 4.69) is 231 Å². The van der Waals surface area contributed by atoms with Gasteiger partial charge in [0, 0.05) is 0 Å². The molecule has 0 unspecified atom stereocenters. The zero-order valence-electron chi connectivity index (χ0n) is 34.4. The van der Waals surface area contributed by atoms with Crippen LogP contribution in [0.1, 0.15) is 22.3 Å². The van der Waals surface area contributed by atoms with Crippen LogP contribution in [0.2, 0.25) is 0 Å². The van der Waals surface area contributed by atoms with Crippen LogP contribution in [0.5, 0.6) is 0 Å². The van der Waals surface area contributed by atoms with E-state index in [1.165, 1.54) is 132 Å². The van der Waals surface area contributed by atoms with Crippen molar-refractivity contribution in [2.45, 2.75) is 5.41 Å². The van der Waals surface area contributed by atoms with Crippen LogP contribution < -0.4 is 0 Å². The average Bonchev–Trinajstić information content (AvgIpc) is 3.81. The monoisotopic (exact) mass is 794 g/mol. The first kappa shape index (κ1) is 34.6. The van der Waals surface area contributed by atoms with Crippen molar-refractivity contribution in [2.24, 2.45) is 0 Å². The molecule has 0 aromatic heterocycles. The van der Waals surface area contributed by atoms with E-state index >= 15 is 0 Å². The number of fused-ring (bicyclic) bond motifs is 16. The smallest absolute Gasteiger partial charge is 0.0619 e. The minimum absolute atomic E-state index is 0.492. The zero-order chi connectivity index (χ0) is 41.2. The molecule has 0 fully saturated rings. The maximum atomic E-state index is 2.61. The van der Waals surface area contributed by atoms with E-state index in [4.69, 9.17) is 0 Å². The van der Waals surface area contributed by atoms with Gasteiger partial charge in [-0.15, -0.1) is 0 Å². The van der Waals surface area contributed by atoms with Crippen molar-refractivity contribution in [3.8, 4) is 55.6 Å². The van der Waals surface area contributed by atoms with Crippen LogP contribution in [0.25, 0.3) is 109 Å². The highest BCUT2D eigenvalue weighted by Gasteiger charge is 2.52. The van der Waals surface area contributed by atoms with E-state index in [0.29, 0.717) is 0 Å². The fourth-order valence-electron chi connectivity index (χ4n) is 11.9. The summed E-state index contributed by atoms with van der Waals surface area (Å²) in [6.07, 6.45) is 0. The van der Waals surface area contributed by atoms with Crippen LogP contribution in [-0.4, -0.2) is 0 Å². The van der Waals surface area contributed by atoms with Gasteiger partial charge >= 0.3 is 0 Å². The van der Waals surface area contributed by atoms with E-state index < -0.39 is 5.41 Å². The van der Waals surface area contributed by atoms with Gasteiger partial charge in [-0.3, -0.25) is 0 Å². The van der Waals surface area contributed by atoms with E-state index in [1.807, 2.05) is 0 Å². The molecule has 12 aromatic carbocycles. The Labute approximate surface area is 366 Å². The van der Waals surface area contributed by atoms with Gasteiger partial charge in [-0.25, -0.2) is 0 Å². The van der Waals surface area contributed by atoms with Gasteiger partial charge in [0.25, 0.3) is 0 Å². The minimum Gasteiger partial charge on any atom is -0.0619 e. The van der Waals surface area contributed by atoms with Crippen molar-refractivity contribution < 1.29 is 0 Å². The third kappa shape index (κ3) is 4.65. The Morgan fingerprint density at radius 3 is 1.33 bits per heavy atom. The summed E-state index contributed by atoms with van der Waals surface area (Å²) in [6, 6.07) is 86.8. The van der Waals surface area contributed by atoms with Crippen LogP contribution in [0.4, 0.5) is 0 Å². The first-order valence-electron chi connectivity index (χ1n) is 22.1. The van der Waals surface area contributed by atoms with Gasteiger partial charge in [-0.05, 0) is 156 Å². The van der Waals surface area contributed by atoms with Crippen molar-refractivity contribution in [3.05, 3.63) is 253 Å². The van der Waals surface area contributed by atoms with Gasteiger partial charge in [0.2, 0.25) is 0 Å². The molecule has 290 valence electrons. The SMILES string of the molecule is c1cc(-c2cccc3ccccc23)cc(-c2c3ccccc3c(-c3cc4c(c5ccccc35)-c3cc5ccccc5cc3C43c4ccccc4-c4ccccc43)c3ccccc23)c1. The molecule has 0 heteroatoms. The highest BCUT2D eigenvalue weighted by atomic mass is 14.5. The Morgan fingerprint density at radius 1 is 0.206 bits per heavy atom. The number of benzene rings is 12. The Hall–Kier alpha value is -8.06. The minimum atomic E-state index is -0.492. The van der Waals surface area contributed by atoms with Gasteiger partial charge in [-0.1, -0.05) is 206 Å². The van der Waals surface area contributed by atoms with Crippen molar-refractivity contribution in [2.75, 3.05) is 0 Å². The van der Waals surface area contributed by atoms with E-state index in [-0.39, 0.29) is 0 Å². The number of hydrogen-bond donors (Lipinski definition) is 0. The van der Waals surface area contributed by atoms with Gasteiger partial charge < -0.3 is 0 Å². The molecule has 2 aliphatic carbocycles. The van der Waals surface area contributed by atoms with Crippen LogP contribution in [0.3, 0.4) is 0 Å². The van der Waals surface area contributed by atoms with Crippen LogP contribution in [-0.2, 0) is 5.41 Å².